The zero-order valence-electron chi connectivity index (χ0n) is 32.9. The number of hydrogen-bond donors (Lipinski definition) is 3. The number of hydrogen-bond acceptors (Lipinski definition) is 12. The molecule has 17 heteroatoms. The number of nitrogens with one attached hydrogen (secondary N) is 3. The number of methoxy groups -OCH3 is 1. The smallest absolute Gasteiger partial charge is 0.408 e. The van der Waals surface area contributed by atoms with Crippen LogP contribution in [0.5, 0.6) is 11.5 Å². The van der Waals surface area contributed by atoms with E-state index in [4.69, 9.17) is 23.7 Å². The number of ether oxygens (including phenoxy) is 3. The van der Waals surface area contributed by atoms with E-state index in [1.165, 1.54) is 11.0 Å². The first kappa shape index (κ1) is 40.5. The number of likely N-dealkylation sites (tertiary alicyclic amines) is 1. The number of carbonyl (C=O) groups is 4. The van der Waals surface area contributed by atoms with E-state index in [-0.39, 0.29) is 30.7 Å². The van der Waals surface area contributed by atoms with Gasteiger partial charge in [0.15, 0.2) is 5.75 Å². The molecule has 4 amide bonds. The maximum atomic E-state index is 14.6. The largest absolute Gasteiger partial charge is 0.497 e. The van der Waals surface area contributed by atoms with E-state index >= 15 is 0 Å². The third-order valence-electron chi connectivity index (χ3n) is 10.1. The molecule has 1 saturated heterocycles. The minimum Gasteiger partial charge on any atom is -0.497 e. The number of aryl methyl sites for hydroxylation is 1. The standard InChI is InChI=1S/C39H50N6O10S/c1-10-23-19-39(23,35(48)44-56(50,51)26-14-15-26)42-33(46)28-17-25(20-45(28)34(47)32(37(3,4)5)41-36(49)54-38(6,7)8)53-29-18-27(22-12-11-13-24(16-22)52-9)40-30-21(2)43-55-31(29)30/h10-13,16,18,23,25-26,28,32H,1,14-15,17,19-20H2,2-9H3,(H,41,49)(H,42,46)(H,44,48)/t23-,25+,28-,32+,39-/m0/s1. The number of pyridine rings is 1. The Kier molecular flexibility index (Phi) is 10.6. The van der Waals surface area contributed by atoms with E-state index < -0.39 is 79.7 Å². The van der Waals surface area contributed by atoms with Crippen molar-refractivity contribution in [3.8, 4) is 22.8 Å². The summed E-state index contributed by atoms with van der Waals surface area (Å²) < 4.78 is 50.8. The van der Waals surface area contributed by atoms with Crippen molar-refractivity contribution in [2.75, 3.05) is 13.7 Å². The van der Waals surface area contributed by atoms with E-state index in [9.17, 15) is 27.6 Å². The summed E-state index contributed by atoms with van der Waals surface area (Å²) >= 11 is 0. The molecule has 3 aromatic rings. The Morgan fingerprint density at radius 3 is 2.43 bits per heavy atom. The Labute approximate surface area is 326 Å². The van der Waals surface area contributed by atoms with Crippen molar-refractivity contribution in [3.05, 3.63) is 48.7 Å². The Balaban J connectivity index is 1.34. The summed E-state index contributed by atoms with van der Waals surface area (Å²) in [5, 5.41) is 8.92. The number of amides is 4. The van der Waals surface area contributed by atoms with E-state index in [0.717, 1.165) is 5.56 Å². The molecule has 302 valence electrons. The lowest BCUT2D eigenvalue weighted by Gasteiger charge is -2.36. The fourth-order valence-electron chi connectivity index (χ4n) is 6.83. The van der Waals surface area contributed by atoms with Crippen molar-refractivity contribution in [1.82, 2.24) is 30.4 Å². The van der Waals surface area contributed by atoms with Gasteiger partial charge in [0, 0.05) is 24.0 Å². The summed E-state index contributed by atoms with van der Waals surface area (Å²) in [6, 6.07) is 6.63. The third kappa shape index (κ3) is 8.46. The van der Waals surface area contributed by atoms with Crippen molar-refractivity contribution in [3.63, 3.8) is 0 Å². The lowest BCUT2D eigenvalue weighted by atomic mass is 9.85. The molecular weight excluding hydrogens is 745 g/mol. The van der Waals surface area contributed by atoms with Crippen LogP contribution in [-0.4, -0.2) is 95.5 Å². The molecule has 0 unspecified atom stereocenters. The number of fused-ring (bicyclic) bond motifs is 1. The average molecular weight is 795 g/mol. The zero-order chi connectivity index (χ0) is 41.0. The van der Waals surface area contributed by atoms with Crippen LogP contribution in [0.2, 0.25) is 0 Å². The normalized spacial score (nSPS) is 22.9. The van der Waals surface area contributed by atoms with Gasteiger partial charge < -0.3 is 34.3 Å². The van der Waals surface area contributed by atoms with Gasteiger partial charge in [-0.15, -0.1) is 6.58 Å². The number of aromatic nitrogens is 2. The lowest BCUT2D eigenvalue weighted by Crippen LogP contribution is -2.60. The molecule has 0 bridgehead atoms. The molecule has 1 aromatic carbocycles. The van der Waals surface area contributed by atoms with E-state index in [1.807, 2.05) is 18.2 Å². The van der Waals surface area contributed by atoms with Gasteiger partial charge in [-0.1, -0.05) is 44.1 Å². The van der Waals surface area contributed by atoms with E-state index in [2.05, 4.69) is 27.1 Å². The average Bonchev–Trinajstić information content (AvgIpc) is 4.02. The molecule has 0 radical (unpaired) electrons. The molecule has 3 aliphatic rings. The SMILES string of the molecule is C=C[C@H]1C[C@@]1(NC(=O)[C@@H]1C[C@@H](Oc2cc(-c3cccc(OC)c3)nc3c(C)noc23)CN1C(=O)[C@@H](NC(=O)OC(C)(C)C)C(C)(C)C)C(=O)NS(=O)(=O)C1CC1. The quantitative estimate of drug-likeness (QED) is 0.221. The molecule has 3 N–H and O–H groups in total. The van der Waals surface area contributed by atoms with Crippen LogP contribution < -0.4 is 24.8 Å². The first-order chi connectivity index (χ1) is 26.2. The predicted octanol–water partition coefficient (Wildman–Crippen LogP) is 4.16. The van der Waals surface area contributed by atoms with Crippen LogP contribution in [0.1, 0.15) is 72.9 Å². The first-order valence-electron chi connectivity index (χ1n) is 18.5. The predicted molar refractivity (Wildman–Crippen MR) is 205 cm³/mol. The number of benzene rings is 1. The molecule has 0 spiro atoms. The molecule has 1 aliphatic heterocycles. The Bertz CT molecular complexity index is 2170. The van der Waals surface area contributed by atoms with Crippen LogP contribution in [0.25, 0.3) is 22.4 Å². The van der Waals surface area contributed by atoms with Crippen LogP contribution >= 0.6 is 0 Å². The lowest BCUT2D eigenvalue weighted by molar-refractivity contribution is -0.143. The minimum absolute atomic E-state index is 0.0386. The summed E-state index contributed by atoms with van der Waals surface area (Å²) in [5.74, 6) is -1.83. The second-order valence-electron chi connectivity index (χ2n) is 16.8. The van der Waals surface area contributed by atoms with Crippen molar-refractivity contribution < 1.29 is 46.3 Å². The molecule has 16 nitrogen and oxygen atoms in total. The van der Waals surface area contributed by atoms with Crippen LogP contribution in [0.15, 0.2) is 47.5 Å². The van der Waals surface area contributed by atoms with Gasteiger partial charge in [0.2, 0.25) is 27.4 Å². The molecule has 6 rings (SSSR count). The highest BCUT2D eigenvalue weighted by Gasteiger charge is 2.62. The topological polar surface area (TPSA) is 208 Å². The summed E-state index contributed by atoms with van der Waals surface area (Å²) in [7, 11) is -2.37. The number of sulfonamides is 1. The number of alkyl carbamates (subject to hydrolysis) is 1. The van der Waals surface area contributed by atoms with Crippen LogP contribution in [0.4, 0.5) is 4.79 Å². The maximum Gasteiger partial charge on any atom is 0.408 e. The molecule has 5 atom stereocenters. The van der Waals surface area contributed by atoms with Gasteiger partial charge in [-0.05, 0) is 64.5 Å². The van der Waals surface area contributed by atoms with Crippen molar-refractivity contribution in [2.24, 2.45) is 11.3 Å². The molecule has 56 heavy (non-hydrogen) atoms. The van der Waals surface area contributed by atoms with Gasteiger partial charge in [-0.2, -0.15) is 0 Å². The summed E-state index contributed by atoms with van der Waals surface area (Å²) in [6.07, 6.45) is 0.830. The Hall–Kier alpha value is -5.19. The molecule has 3 fully saturated rings. The van der Waals surface area contributed by atoms with Crippen LogP contribution in [-0.2, 0) is 29.1 Å². The first-order valence-corrected chi connectivity index (χ1v) is 20.1. The molecule has 3 heterocycles. The van der Waals surface area contributed by atoms with Gasteiger partial charge in [-0.3, -0.25) is 19.1 Å². The van der Waals surface area contributed by atoms with Crippen LogP contribution in [0.3, 0.4) is 0 Å². The third-order valence-corrected chi connectivity index (χ3v) is 11.9. The Morgan fingerprint density at radius 1 is 1.11 bits per heavy atom. The number of rotatable bonds is 12. The highest BCUT2D eigenvalue weighted by atomic mass is 32.2. The second kappa shape index (κ2) is 14.7. The molecular formula is C39H50N6O10S. The number of carbonyl (C=O) groups excluding carboxylic acids is 4. The van der Waals surface area contributed by atoms with Crippen molar-refractivity contribution >= 4 is 44.9 Å². The van der Waals surface area contributed by atoms with Gasteiger partial charge in [0.25, 0.3) is 5.91 Å². The second-order valence-corrected chi connectivity index (χ2v) is 18.8. The van der Waals surface area contributed by atoms with E-state index in [1.54, 1.807) is 67.7 Å². The highest BCUT2D eigenvalue weighted by molar-refractivity contribution is 7.91. The highest BCUT2D eigenvalue weighted by Crippen LogP contribution is 2.46. The zero-order valence-corrected chi connectivity index (χ0v) is 33.7. The molecule has 2 saturated carbocycles. The van der Waals surface area contributed by atoms with Crippen molar-refractivity contribution in [1.29, 1.82) is 0 Å². The fourth-order valence-corrected chi connectivity index (χ4v) is 8.20. The van der Waals surface area contributed by atoms with E-state index in [0.29, 0.717) is 35.5 Å². The fraction of sp³-hybridized carbons (Fsp3) is 0.538. The Morgan fingerprint density at radius 2 is 1.82 bits per heavy atom. The number of nitrogens with zero attached hydrogens (tertiary/aromatic N) is 3. The van der Waals surface area contributed by atoms with Gasteiger partial charge in [-0.25, -0.2) is 18.2 Å². The van der Waals surface area contributed by atoms with Gasteiger partial charge >= 0.3 is 6.09 Å². The monoisotopic (exact) mass is 794 g/mol. The molecule has 2 aliphatic carbocycles. The minimum atomic E-state index is -3.93. The van der Waals surface area contributed by atoms with Crippen LogP contribution in [0, 0.1) is 18.3 Å². The maximum absolute atomic E-state index is 14.6. The van der Waals surface area contributed by atoms with Gasteiger partial charge in [0.05, 0.1) is 24.6 Å². The summed E-state index contributed by atoms with van der Waals surface area (Å²) in [5.41, 5.74) is -0.796. The summed E-state index contributed by atoms with van der Waals surface area (Å²) in [6.45, 7) is 15.8. The summed E-state index contributed by atoms with van der Waals surface area (Å²) in [4.78, 5) is 61.7. The molecule has 2 aromatic heterocycles. The van der Waals surface area contributed by atoms with Gasteiger partial charge in [0.1, 0.15) is 46.3 Å². The van der Waals surface area contributed by atoms with Crippen molar-refractivity contribution in [2.45, 2.75) is 109 Å².